The average molecular weight is 294 g/mol. The van der Waals surface area contributed by atoms with E-state index in [4.69, 9.17) is 0 Å². The highest BCUT2D eigenvalue weighted by atomic mass is 79.9. The maximum atomic E-state index is 9.94. The Bertz CT molecular complexity index is 525. The third-order valence-corrected chi connectivity index (χ3v) is 3.56. The van der Waals surface area contributed by atoms with E-state index in [0.717, 1.165) is 16.3 Å². The number of aromatic hydroxyl groups is 1. The fraction of sp³-hybridized carbons (Fsp3) is 0.357. The Hall–Kier alpha value is -1.09. The zero-order valence-corrected chi connectivity index (χ0v) is 11.5. The Morgan fingerprint density at radius 3 is 2.94 bits per heavy atom. The molecule has 0 aliphatic rings. The molecule has 2 nitrogen and oxygen atoms in total. The third-order valence-electron chi connectivity index (χ3n) is 2.95. The van der Waals surface area contributed by atoms with Gasteiger partial charge in [0.2, 0.25) is 0 Å². The molecule has 1 heterocycles. The molecule has 0 atom stereocenters. The lowest BCUT2D eigenvalue weighted by molar-refractivity contribution is 0.477. The smallest absolute Gasteiger partial charge is 0.156 e. The second-order valence-electron chi connectivity index (χ2n) is 4.22. The van der Waals surface area contributed by atoms with Gasteiger partial charge in [0.15, 0.2) is 5.75 Å². The molecular weight excluding hydrogens is 278 g/mol. The molecule has 90 valence electrons. The molecule has 2 aromatic rings. The zero-order chi connectivity index (χ0) is 12.3. The van der Waals surface area contributed by atoms with Gasteiger partial charge in [0.1, 0.15) is 5.52 Å². The Balaban J connectivity index is 2.44. The predicted molar refractivity (Wildman–Crippen MR) is 74.3 cm³/mol. The first-order valence-electron chi connectivity index (χ1n) is 5.99. The number of hydrogen-bond donors (Lipinski definition) is 1. The standard InChI is InChI=1S/C14H16BrNO/c1-2-3-4-6-10-9-12(15)14(17)13-11(10)7-5-8-16-13/h5,7-9,17H,2-4,6H2,1H3. The fourth-order valence-corrected chi connectivity index (χ4v) is 2.50. The summed E-state index contributed by atoms with van der Waals surface area (Å²) in [4.78, 5) is 4.25. The largest absolute Gasteiger partial charge is 0.505 e. The van der Waals surface area contributed by atoms with Crippen molar-refractivity contribution in [3.05, 3.63) is 34.4 Å². The van der Waals surface area contributed by atoms with Crippen molar-refractivity contribution in [1.29, 1.82) is 0 Å². The number of rotatable bonds is 4. The molecule has 1 aromatic heterocycles. The predicted octanol–water partition coefficient (Wildman–Crippen LogP) is 4.44. The molecule has 2 rings (SSSR count). The van der Waals surface area contributed by atoms with Crippen LogP contribution in [0.2, 0.25) is 0 Å². The molecule has 17 heavy (non-hydrogen) atoms. The van der Waals surface area contributed by atoms with Gasteiger partial charge in [-0.1, -0.05) is 25.8 Å². The number of unbranched alkanes of at least 4 members (excludes halogenated alkanes) is 2. The summed E-state index contributed by atoms with van der Waals surface area (Å²) in [6.45, 7) is 2.20. The molecule has 0 saturated heterocycles. The van der Waals surface area contributed by atoms with Gasteiger partial charge in [0.05, 0.1) is 4.47 Å². The molecule has 0 amide bonds. The molecule has 0 bridgehead atoms. The number of aryl methyl sites for hydroxylation is 1. The quantitative estimate of drug-likeness (QED) is 0.846. The summed E-state index contributed by atoms with van der Waals surface area (Å²) < 4.78 is 0.732. The summed E-state index contributed by atoms with van der Waals surface area (Å²) in [6, 6.07) is 5.95. The van der Waals surface area contributed by atoms with Crippen molar-refractivity contribution in [1.82, 2.24) is 4.98 Å². The van der Waals surface area contributed by atoms with Gasteiger partial charge in [-0.25, -0.2) is 0 Å². The Kier molecular flexibility index (Phi) is 4.00. The summed E-state index contributed by atoms with van der Waals surface area (Å²) in [5, 5.41) is 11.0. The van der Waals surface area contributed by atoms with Crippen molar-refractivity contribution in [3.8, 4) is 5.75 Å². The lowest BCUT2D eigenvalue weighted by Gasteiger charge is -2.09. The summed E-state index contributed by atoms with van der Waals surface area (Å²) in [5.74, 6) is 0.236. The van der Waals surface area contributed by atoms with E-state index in [1.54, 1.807) is 6.20 Å². The molecule has 3 heteroatoms. The second-order valence-corrected chi connectivity index (χ2v) is 5.08. The molecule has 0 aliphatic heterocycles. The van der Waals surface area contributed by atoms with Crippen LogP contribution >= 0.6 is 15.9 Å². The van der Waals surface area contributed by atoms with E-state index in [1.807, 2.05) is 18.2 Å². The molecule has 0 radical (unpaired) electrons. The normalized spacial score (nSPS) is 10.9. The minimum absolute atomic E-state index is 0.236. The highest BCUT2D eigenvalue weighted by molar-refractivity contribution is 9.10. The van der Waals surface area contributed by atoms with Gasteiger partial charge in [0.25, 0.3) is 0 Å². The lowest BCUT2D eigenvalue weighted by atomic mass is 10.0. The first kappa shape index (κ1) is 12.4. The van der Waals surface area contributed by atoms with Crippen LogP contribution < -0.4 is 0 Å². The van der Waals surface area contributed by atoms with Gasteiger partial charge < -0.3 is 5.11 Å². The van der Waals surface area contributed by atoms with Crippen LogP contribution in [0.5, 0.6) is 5.75 Å². The maximum Gasteiger partial charge on any atom is 0.156 e. The van der Waals surface area contributed by atoms with Gasteiger partial charge in [0, 0.05) is 11.6 Å². The Morgan fingerprint density at radius 1 is 1.35 bits per heavy atom. The van der Waals surface area contributed by atoms with Gasteiger partial charge in [-0.2, -0.15) is 0 Å². The highest BCUT2D eigenvalue weighted by Crippen LogP contribution is 2.34. The van der Waals surface area contributed by atoms with Crippen LogP contribution in [0.15, 0.2) is 28.9 Å². The van der Waals surface area contributed by atoms with Crippen LogP contribution in [0.3, 0.4) is 0 Å². The van der Waals surface area contributed by atoms with E-state index in [2.05, 4.69) is 27.8 Å². The van der Waals surface area contributed by atoms with Crippen molar-refractivity contribution in [3.63, 3.8) is 0 Å². The summed E-state index contributed by atoms with van der Waals surface area (Å²) in [6.07, 6.45) is 6.38. The number of benzene rings is 1. The monoisotopic (exact) mass is 293 g/mol. The first-order chi connectivity index (χ1) is 8.24. The molecule has 0 unspecified atom stereocenters. The number of phenolic OH excluding ortho intramolecular Hbond substituents is 1. The van der Waals surface area contributed by atoms with Crippen LogP contribution in [0, 0.1) is 0 Å². The number of fused-ring (bicyclic) bond motifs is 1. The van der Waals surface area contributed by atoms with Gasteiger partial charge in [-0.3, -0.25) is 4.98 Å². The Morgan fingerprint density at radius 2 is 2.18 bits per heavy atom. The molecule has 0 fully saturated rings. The summed E-state index contributed by atoms with van der Waals surface area (Å²) >= 11 is 3.39. The third kappa shape index (κ3) is 2.60. The van der Waals surface area contributed by atoms with Crippen LogP contribution in [0.25, 0.3) is 10.9 Å². The van der Waals surface area contributed by atoms with E-state index in [1.165, 1.54) is 24.8 Å². The summed E-state index contributed by atoms with van der Waals surface area (Å²) in [5.41, 5.74) is 1.94. The molecule has 0 spiro atoms. The molecule has 1 aromatic carbocycles. The van der Waals surface area contributed by atoms with Crippen LogP contribution in [0.4, 0.5) is 0 Å². The molecule has 1 N–H and O–H groups in total. The van der Waals surface area contributed by atoms with E-state index in [9.17, 15) is 5.11 Å². The second kappa shape index (κ2) is 5.50. The minimum atomic E-state index is 0.236. The number of pyridine rings is 1. The highest BCUT2D eigenvalue weighted by Gasteiger charge is 2.10. The number of aromatic nitrogens is 1. The van der Waals surface area contributed by atoms with Crippen molar-refractivity contribution < 1.29 is 5.11 Å². The van der Waals surface area contributed by atoms with Crippen molar-refractivity contribution in [2.45, 2.75) is 32.6 Å². The number of hydrogen-bond acceptors (Lipinski definition) is 2. The topological polar surface area (TPSA) is 33.1 Å². The van der Waals surface area contributed by atoms with Crippen LogP contribution in [-0.2, 0) is 6.42 Å². The number of nitrogens with zero attached hydrogens (tertiary/aromatic N) is 1. The first-order valence-corrected chi connectivity index (χ1v) is 6.78. The van der Waals surface area contributed by atoms with Gasteiger partial charge in [-0.15, -0.1) is 0 Å². The van der Waals surface area contributed by atoms with Gasteiger partial charge in [-0.05, 0) is 46.5 Å². The van der Waals surface area contributed by atoms with E-state index >= 15 is 0 Å². The molecule has 0 aliphatic carbocycles. The zero-order valence-electron chi connectivity index (χ0n) is 9.91. The Labute approximate surface area is 110 Å². The maximum absolute atomic E-state index is 9.94. The van der Waals surface area contributed by atoms with E-state index in [-0.39, 0.29) is 5.75 Å². The van der Waals surface area contributed by atoms with Crippen molar-refractivity contribution in [2.24, 2.45) is 0 Å². The lowest BCUT2D eigenvalue weighted by Crippen LogP contribution is -1.90. The van der Waals surface area contributed by atoms with E-state index in [0.29, 0.717) is 5.52 Å². The molecular formula is C14H16BrNO. The van der Waals surface area contributed by atoms with E-state index < -0.39 is 0 Å². The summed E-state index contributed by atoms with van der Waals surface area (Å²) in [7, 11) is 0. The van der Waals surface area contributed by atoms with Gasteiger partial charge >= 0.3 is 0 Å². The fourth-order valence-electron chi connectivity index (χ4n) is 2.04. The van der Waals surface area contributed by atoms with Crippen LogP contribution in [-0.4, -0.2) is 10.1 Å². The van der Waals surface area contributed by atoms with Crippen molar-refractivity contribution >= 4 is 26.8 Å². The SMILES string of the molecule is CCCCCc1cc(Br)c(O)c2ncccc12. The number of phenols is 1. The average Bonchev–Trinajstić information content (AvgIpc) is 2.36. The van der Waals surface area contributed by atoms with Crippen LogP contribution in [0.1, 0.15) is 31.7 Å². The van der Waals surface area contributed by atoms with Crippen molar-refractivity contribution in [2.75, 3.05) is 0 Å². The molecule has 0 saturated carbocycles. The number of halogens is 1. The minimum Gasteiger partial charge on any atom is -0.505 e.